The number of para-hydroxylation sites is 1. The van der Waals surface area contributed by atoms with Gasteiger partial charge in [0, 0.05) is 41.7 Å². The van der Waals surface area contributed by atoms with E-state index in [0.29, 0.717) is 30.8 Å². The molecule has 27 heavy (non-hydrogen) atoms. The molecule has 0 bridgehead atoms. The Hall–Kier alpha value is -3.35. The van der Waals surface area contributed by atoms with Gasteiger partial charge in [-0.25, -0.2) is 14.0 Å². The lowest BCUT2D eigenvalue weighted by Gasteiger charge is -2.27. The van der Waals surface area contributed by atoms with E-state index in [1.54, 1.807) is 35.2 Å². The molecule has 0 saturated heterocycles. The topological polar surface area (TPSA) is 74.4 Å². The number of aromatic amines is 1. The number of benzene rings is 2. The number of halogens is 1. The Bertz CT molecular complexity index is 1040. The van der Waals surface area contributed by atoms with Gasteiger partial charge in [0.25, 0.3) is 0 Å². The minimum atomic E-state index is -0.515. The zero-order valence-corrected chi connectivity index (χ0v) is 14.7. The summed E-state index contributed by atoms with van der Waals surface area (Å²) in [5.41, 5.74) is 3.49. The number of hydrogen-bond donors (Lipinski definition) is 2. The quantitative estimate of drug-likeness (QED) is 0.679. The predicted molar refractivity (Wildman–Crippen MR) is 99.2 cm³/mol. The first kappa shape index (κ1) is 17.1. The van der Waals surface area contributed by atoms with Gasteiger partial charge in [-0.05, 0) is 30.3 Å². The number of fused-ring (bicyclic) bond motifs is 3. The molecule has 4 rings (SSSR count). The molecule has 1 aromatic heterocycles. The van der Waals surface area contributed by atoms with Gasteiger partial charge in [0.05, 0.1) is 18.4 Å². The highest BCUT2D eigenvalue weighted by Gasteiger charge is 2.25. The minimum absolute atomic E-state index is 0.292. The van der Waals surface area contributed by atoms with Crippen LogP contribution in [0.1, 0.15) is 21.6 Å². The number of esters is 1. The number of methoxy groups -OCH3 is 1. The molecule has 0 spiro atoms. The third-order valence-electron chi connectivity index (χ3n) is 4.80. The minimum Gasteiger partial charge on any atom is -0.465 e. The first-order valence-corrected chi connectivity index (χ1v) is 8.59. The molecular formula is C20H18FN3O3. The predicted octanol–water partition coefficient (Wildman–Crippen LogP) is 3.68. The molecule has 1 aliphatic rings. The highest BCUT2D eigenvalue weighted by molar-refractivity contribution is 6.01. The lowest BCUT2D eigenvalue weighted by Crippen LogP contribution is -2.39. The van der Waals surface area contributed by atoms with E-state index in [4.69, 9.17) is 4.74 Å². The third kappa shape index (κ3) is 3.12. The fourth-order valence-corrected chi connectivity index (χ4v) is 3.43. The van der Waals surface area contributed by atoms with E-state index in [0.717, 1.165) is 22.2 Å². The van der Waals surface area contributed by atoms with Crippen LogP contribution in [0.15, 0.2) is 42.5 Å². The largest absolute Gasteiger partial charge is 0.465 e. The summed E-state index contributed by atoms with van der Waals surface area (Å²) in [6.45, 7) is 0.888. The van der Waals surface area contributed by atoms with Gasteiger partial charge in [-0.15, -0.1) is 0 Å². The number of urea groups is 1. The summed E-state index contributed by atoms with van der Waals surface area (Å²) in [5, 5.41) is 3.57. The first-order valence-electron chi connectivity index (χ1n) is 8.59. The molecule has 3 aromatic rings. The van der Waals surface area contributed by atoms with Crippen LogP contribution in [0.3, 0.4) is 0 Å². The molecule has 7 heteroatoms. The number of carbonyl (C=O) groups is 2. The number of carbonyl (C=O) groups excluding carboxylic acids is 2. The number of amides is 2. The van der Waals surface area contributed by atoms with Gasteiger partial charge in [0.2, 0.25) is 0 Å². The molecule has 1 aliphatic heterocycles. The van der Waals surface area contributed by atoms with Gasteiger partial charge in [-0.2, -0.15) is 0 Å². The summed E-state index contributed by atoms with van der Waals surface area (Å²) in [7, 11) is 1.29. The van der Waals surface area contributed by atoms with Crippen molar-refractivity contribution in [2.45, 2.75) is 13.0 Å². The lowest BCUT2D eigenvalue weighted by atomic mass is 10.0. The highest BCUT2D eigenvalue weighted by Crippen LogP contribution is 2.29. The number of rotatable bonds is 2. The van der Waals surface area contributed by atoms with E-state index in [-0.39, 0.29) is 11.8 Å². The van der Waals surface area contributed by atoms with Crippen LogP contribution in [-0.2, 0) is 17.7 Å². The maximum absolute atomic E-state index is 13.6. The number of nitrogens with zero attached hydrogens (tertiary/aromatic N) is 1. The molecule has 0 unspecified atom stereocenters. The molecule has 0 atom stereocenters. The van der Waals surface area contributed by atoms with E-state index in [2.05, 4.69) is 10.3 Å². The summed E-state index contributed by atoms with van der Waals surface area (Å²) in [6, 6.07) is 11.0. The number of ether oxygens (including phenoxy) is 1. The average molecular weight is 367 g/mol. The van der Waals surface area contributed by atoms with Gasteiger partial charge in [0.1, 0.15) is 5.82 Å². The smallest absolute Gasteiger partial charge is 0.339 e. The summed E-state index contributed by atoms with van der Waals surface area (Å²) in [5.74, 6) is -0.822. The molecule has 138 valence electrons. The second-order valence-corrected chi connectivity index (χ2v) is 6.41. The van der Waals surface area contributed by atoms with Crippen molar-refractivity contribution in [1.29, 1.82) is 0 Å². The van der Waals surface area contributed by atoms with E-state index < -0.39 is 5.97 Å². The Kier molecular flexibility index (Phi) is 4.27. The Morgan fingerprint density at radius 3 is 2.85 bits per heavy atom. The Morgan fingerprint density at radius 1 is 1.22 bits per heavy atom. The number of anilines is 1. The SMILES string of the molecule is COC(=O)c1ccccc1NC(=O)N1CCc2[nH]c3ccc(F)cc3c2C1. The number of hydrogen-bond acceptors (Lipinski definition) is 3. The van der Waals surface area contributed by atoms with Crippen molar-refractivity contribution >= 4 is 28.6 Å². The van der Waals surface area contributed by atoms with E-state index >= 15 is 0 Å². The summed E-state index contributed by atoms with van der Waals surface area (Å²) < 4.78 is 18.4. The monoisotopic (exact) mass is 367 g/mol. The lowest BCUT2D eigenvalue weighted by molar-refractivity contribution is 0.0602. The summed E-state index contributed by atoms with van der Waals surface area (Å²) in [4.78, 5) is 29.6. The van der Waals surface area contributed by atoms with Crippen LogP contribution in [-0.4, -0.2) is 35.5 Å². The van der Waals surface area contributed by atoms with E-state index in [1.807, 2.05) is 0 Å². The standard InChI is InChI=1S/C20H18FN3O3/c1-27-19(25)13-4-2-3-5-16(13)23-20(26)24-9-8-18-15(11-24)14-10-12(21)6-7-17(14)22-18/h2-7,10,22H,8-9,11H2,1H3,(H,23,26). The van der Waals surface area contributed by atoms with Crippen molar-refractivity contribution in [3.63, 3.8) is 0 Å². The van der Waals surface area contributed by atoms with Crippen LogP contribution < -0.4 is 5.32 Å². The van der Waals surface area contributed by atoms with Crippen molar-refractivity contribution in [2.75, 3.05) is 19.0 Å². The van der Waals surface area contributed by atoms with Gasteiger partial charge in [0.15, 0.2) is 0 Å². The molecule has 0 saturated carbocycles. The second kappa shape index (κ2) is 6.75. The zero-order valence-electron chi connectivity index (χ0n) is 14.7. The van der Waals surface area contributed by atoms with Gasteiger partial charge >= 0.3 is 12.0 Å². The summed E-state index contributed by atoms with van der Waals surface area (Å²) in [6.07, 6.45) is 0.650. The Labute approximate surface area is 154 Å². The maximum atomic E-state index is 13.6. The van der Waals surface area contributed by atoms with Crippen molar-refractivity contribution in [1.82, 2.24) is 9.88 Å². The first-order chi connectivity index (χ1) is 13.1. The fraction of sp³-hybridized carbons (Fsp3) is 0.200. The molecule has 0 fully saturated rings. The number of H-pyrrole nitrogens is 1. The van der Waals surface area contributed by atoms with Crippen LogP contribution in [0, 0.1) is 5.82 Å². The second-order valence-electron chi connectivity index (χ2n) is 6.41. The van der Waals surface area contributed by atoms with Crippen molar-refractivity contribution < 1.29 is 18.7 Å². The molecule has 2 heterocycles. The maximum Gasteiger partial charge on any atom is 0.339 e. The van der Waals surface area contributed by atoms with Crippen molar-refractivity contribution in [3.05, 3.63) is 65.1 Å². The Morgan fingerprint density at radius 2 is 2.04 bits per heavy atom. The molecule has 2 N–H and O–H groups in total. The molecule has 2 aromatic carbocycles. The highest BCUT2D eigenvalue weighted by atomic mass is 19.1. The van der Waals surface area contributed by atoms with E-state index in [1.165, 1.54) is 19.2 Å². The zero-order chi connectivity index (χ0) is 19.0. The van der Waals surface area contributed by atoms with Crippen LogP contribution >= 0.6 is 0 Å². The number of nitrogens with one attached hydrogen (secondary N) is 2. The molecule has 6 nitrogen and oxygen atoms in total. The molecule has 2 amide bonds. The van der Waals surface area contributed by atoms with Crippen LogP contribution in [0.5, 0.6) is 0 Å². The molecular weight excluding hydrogens is 349 g/mol. The van der Waals surface area contributed by atoms with E-state index in [9.17, 15) is 14.0 Å². The van der Waals surface area contributed by atoms with Crippen LogP contribution in [0.25, 0.3) is 10.9 Å². The van der Waals surface area contributed by atoms with Gasteiger partial charge < -0.3 is 19.9 Å². The Balaban J connectivity index is 1.58. The van der Waals surface area contributed by atoms with Crippen molar-refractivity contribution in [3.8, 4) is 0 Å². The van der Waals surface area contributed by atoms with Crippen LogP contribution in [0.4, 0.5) is 14.9 Å². The molecule has 0 aliphatic carbocycles. The molecule has 0 radical (unpaired) electrons. The normalized spacial score (nSPS) is 13.3. The van der Waals surface area contributed by atoms with Gasteiger partial charge in [-0.3, -0.25) is 0 Å². The third-order valence-corrected chi connectivity index (χ3v) is 4.80. The van der Waals surface area contributed by atoms with Crippen LogP contribution in [0.2, 0.25) is 0 Å². The fourth-order valence-electron chi connectivity index (χ4n) is 3.43. The van der Waals surface area contributed by atoms with Gasteiger partial charge in [-0.1, -0.05) is 12.1 Å². The number of aromatic nitrogens is 1. The van der Waals surface area contributed by atoms with Crippen molar-refractivity contribution in [2.24, 2.45) is 0 Å². The average Bonchev–Trinajstić information content (AvgIpc) is 3.05. The summed E-state index contributed by atoms with van der Waals surface area (Å²) >= 11 is 0.